The highest BCUT2D eigenvalue weighted by Gasteiger charge is 2.40. The Kier molecular flexibility index (Phi) is 4.40. The molecule has 0 spiro atoms. The van der Waals surface area contributed by atoms with E-state index in [9.17, 15) is 9.59 Å². The lowest BCUT2D eigenvalue weighted by atomic mass is 10.1. The lowest BCUT2D eigenvalue weighted by Crippen LogP contribution is -2.47. The molecule has 3 heterocycles. The molecule has 1 aliphatic carbocycles. The van der Waals surface area contributed by atoms with Crippen molar-refractivity contribution in [1.29, 1.82) is 0 Å². The molecule has 1 aromatic carbocycles. The lowest BCUT2D eigenvalue weighted by molar-refractivity contribution is 0.0212. The van der Waals surface area contributed by atoms with Crippen LogP contribution < -0.4 is 20.4 Å². The minimum atomic E-state index is -1.78. The molecule has 2 atom stereocenters. The van der Waals surface area contributed by atoms with Gasteiger partial charge in [0.1, 0.15) is 5.69 Å². The van der Waals surface area contributed by atoms with Crippen LogP contribution in [0.25, 0.3) is 10.9 Å². The van der Waals surface area contributed by atoms with E-state index in [4.69, 9.17) is 9.84 Å². The van der Waals surface area contributed by atoms with E-state index in [1.165, 1.54) is 9.47 Å². The van der Waals surface area contributed by atoms with Gasteiger partial charge in [-0.15, -0.1) is 0 Å². The van der Waals surface area contributed by atoms with Crippen molar-refractivity contribution in [2.24, 2.45) is 0 Å². The quantitative estimate of drug-likeness (QED) is 0.574. The first kappa shape index (κ1) is 19.2. The van der Waals surface area contributed by atoms with E-state index in [1.807, 2.05) is 0 Å². The van der Waals surface area contributed by atoms with Crippen LogP contribution in [0.15, 0.2) is 11.0 Å². The Hall–Kier alpha value is -2.79. The largest absolute Gasteiger partial charge is 0.511 e. The summed E-state index contributed by atoms with van der Waals surface area (Å²) in [6, 6.07) is -0.407. The van der Waals surface area contributed by atoms with Gasteiger partial charge in [0.2, 0.25) is 5.43 Å². The van der Waals surface area contributed by atoms with Crippen LogP contribution in [0.5, 0.6) is 5.75 Å². The summed E-state index contributed by atoms with van der Waals surface area (Å²) in [7, 11) is 0. The number of nitrogens with one attached hydrogen (secondary N) is 1. The molecule has 5 rings (SSSR count). The number of hydrogen-bond acceptors (Lipinski definition) is 6. The van der Waals surface area contributed by atoms with E-state index in [0.29, 0.717) is 26.0 Å². The summed E-state index contributed by atoms with van der Waals surface area (Å²) in [5.41, 5.74) is -2.16. The number of anilines is 1. The number of nitrogens with zero attached hydrogens (tertiary/aromatic N) is 2. The third-order valence-corrected chi connectivity index (χ3v) is 5.80. The van der Waals surface area contributed by atoms with E-state index in [2.05, 4.69) is 10.1 Å². The number of hydrogen-bond donors (Lipinski definition) is 2. The fraction of sp³-hybridized carbons (Fsp3) is 0.474. The lowest BCUT2D eigenvalue weighted by Gasteiger charge is -2.25. The predicted octanol–water partition coefficient (Wildman–Crippen LogP) is 1.99. The molecule has 0 unspecified atom stereocenters. The molecule has 30 heavy (non-hydrogen) atoms. The third kappa shape index (κ3) is 2.91. The minimum Gasteiger partial charge on any atom is -0.449 e. The summed E-state index contributed by atoms with van der Waals surface area (Å²) in [5.74, 6) is -4.78. The van der Waals surface area contributed by atoms with Crippen LogP contribution in [0, 0.1) is 17.5 Å². The van der Waals surface area contributed by atoms with Crippen molar-refractivity contribution in [2.45, 2.75) is 31.0 Å². The van der Waals surface area contributed by atoms with Gasteiger partial charge in [0.15, 0.2) is 23.2 Å². The normalized spacial score (nSPS) is 23.6. The first-order valence-electron chi connectivity index (χ1n) is 9.62. The maximum atomic E-state index is 15.6. The molecule has 0 radical (unpaired) electrons. The smallest absolute Gasteiger partial charge is 0.449 e. The maximum absolute atomic E-state index is 15.6. The van der Waals surface area contributed by atoms with Gasteiger partial charge < -0.3 is 29.4 Å². The molecule has 3 aliphatic rings. The monoisotopic (exact) mass is 425 g/mol. The van der Waals surface area contributed by atoms with Crippen LogP contribution in [0.2, 0.25) is 0 Å². The maximum Gasteiger partial charge on any atom is 0.511 e. The second kappa shape index (κ2) is 6.88. The van der Waals surface area contributed by atoms with E-state index in [-0.39, 0.29) is 31.3 Å². The number of fused-ring (bicyclic) bond motifs is 2. The first-order chi connectivity index (χ1) is 14.4. The molecule has 0 amide bonds. The number of aromatic nitrogens is 1. The molecule has 2 aliphatic heterocycles. The van der Waals surface area contributed by atoms with Crippen LogP contribution in [-0.4, -0.2) is 54.2 Å². The summed E-state index contributed by atoms with van der Waals surface area (Å²) in [6.07, 6.45) is 0.246. The molecule has 1 aromatic heterocycles. The van der Waals surface area contributed by atoms with Crippen molar-refractivity contribution in [2.75, 3.05) is 31.1 Å². The predicted molar refractivity (Wildman–Crippen MR) is 98.7 cm³/mol. The number of carbonyl (C=O) groups is 1. The summed E-state index contributed by atoms with van der Waals surface area (Å²) in [6.45, 7) is 1.47. The number of benzene rings is 1. The summed E-state index contributed by atoms with van der Waals surface area (Å²) in [5, 5.41) is 11.2. The van der Waals surface area contributed by atoms with Crippen molar-refractivity contribution in [3.63, 3.8) is 0 Å². The van der Waals surface area contributed by atoms with Gasteiger partial charge in [0.25, 0.3) is 0 Å². The van der Waals surface area contributed by atoms with Crippen molar-refractivity contribution >= 4 is 22.7 Å². The molecular formula is C19H18F3N3O5. The Morgan fingerprint density at radius 2 is 1.97 bits per heavy atom. The third-order valence-electron chi connectivity index (χ3n) is 5.80. The average Bonchev–Trinajstić information content (AvgIpc) is 3.46. The number of rotatable bonds is 3. The summed E-state index contributed by atoms with van der Waals surface area (Å²) in [4.78, 5) is 24.9. The molecule has 0 bridgehead atoms. The Labute approximate surface area is 167 Å². The Morgan fingerprint density at radius 1 is 1.20 bits per heavy atom. The number of ether oxygens (including phenoxy) is 2. The topological polar surface area (TPSA) is 93.0 Å². The number of carboxylic acid groups (broad SMARTS) is 1. The Morgan fingerprint density at radius 3 is 2.63 bits per heavy atom. The molecule has 3 fully saturated rings. The standard InChI is InChI=1S/C19H18F3N3O5/c20-13-12-16(25(8-1-2-8)7-11(18(12)26)30-19(27)28)15(22)17(14(13)21)24-5-9-10(6-24)29-4-3-23-9/h7-10,23H,1-6H2,(H,27,28)/t9-,10+/m0/s1. The van der Waals surface area contributed by atoms with Crippen molar-refractivity contribution in [1.82, 2.24) is 9.88 Å². The van der Waals surface area contributed by atoms with Gasteiger partial charge in [-0.2, -0.15) is 0 Å². The molecule has 160 valence electrons. The van der Waals surface area contributed by atoms with Gasteiger partial charge in [0, 0.05) is 25.7 Å². The molecule has 11 heteroatoms. The fourth-order valence-corrected chi connectivity index (χ4v) is 4.32. The zero-order valence-corrected chi connectivity index (χ0v) is 15.7. The number of halogens is 3. The molecule has 8 nitrogen and oxygen atoms in total. The van der Waals surface area contributed by atoms with Crippen LogP contribution in [0.4, 0.5) is 23.7 Å². The Bertz CT molecular complexity index is 1100. The zero-order chi connectivity index (χ0) is 21.2. The van der Waals surface area contributed by atoms with Gasteiger partial charge in [-0.1, -0.05) is 0 Å². The van der Waals surface area contributed by atoms with Crippen LogP contribution in [0.3, 0.4) is 0 Å². The minimum absolute atomic E-state index is 0.145. The highest BCUT2D eigenvalue weighted by Crippen LogP contribution is 2.41. The second-order valence-corrected chi connectivity index (χ2v) is 7.72. The first-order valence-corrected chi connectivity index (χ1v) is 9.62. The molecule has 2 saturated heterocycles. The van der Waals surface area contributed by atoms with Crippen LogP contribution >= 0.6 is 0 Å². The highest BCUT2D eigenvalue weighted by molar-refractivity contribution is 5.86. The number of pyridine rings is 1. The van der Waals surface area contributed by atoms with E-state index in [1.54, 1.807) is 0 Å². The molecule has 2 N–H and O–H groups in total. The van der Waals surface area contributed by atoms with Crippen LogP contribution in [0.1, 0.15) is 18.9 Å². The molecule has 2 aromatic rings. The highest BCUT2D eigenvalue weighted by atomic mass is 19.2. The van der Waals surface area contributed by atoms with Gasteiger partial charge >= 0.3 is 6.16 Å². The number of morpholine rings is 1. The van der Waals surface area contributed by atoms with Crippen molar-refractivity contribution in [3.8, 4) is 5.75 Å². The fourth-order valence-electron chi connectivity index (χ4n) is 4.32. The van der Waals surface area contributed by atoms with Gasteiger partial charge in [-0.3, -0.25) is 4.79 Å². The molecular weight excluding hydrogens is 407 g/mol. The molecule has 1 saturated carbocycles. The SMILES string of the molecule is O=C(O)Oc1cn(C2CC2)c2c(F)c(N3C[C@@H]4NCCO[C@@H]4C3)c(F)c(F)c2c1=O. The van der Waals surface area contributed by atoms with Gasteiger partial charge in [0.05, 0.1) is 35.9 Å². The summed E-state index contributed by atoms with van der Waals surface area (Å²) >= 11 is 0. The summed E-state index contributed by atoms with van der Waals surface area (Å²) < 4.78 is 57.1. The Balaban J connectivity index is 1.72. The van der Waals surface area contributed by atoms with Crippen molar-refractivity contribution < 1.29 is 32.5 Å². The van der Waals surface area contributed by atoms with Gasteiger partial charge in [-0.25, -0.2) is 18.0 Å². The van der Waals surface area contributed by atoms with Crippen LogP contribution in [-0.2, 0) is 4.74 Å². The van der Waals surface area contributed by atoms with E-state index in [0.717, 1.165) is 6.20 Å². The van der Waals surface area contributed by atoms with E-state index < -0.39 is 51.4 Å². The average molecular weight is 425 g/mol. The van der Waals surface area contributed by atoms with Crippen molar-refractivity contribution in [3.05, 3.63) is 33.9 Å². The second-order valence-electron chi connectivity index (χ2n) is 7.72. The van der Waals surface area contributed by atoms with Gasteiger partial charge in [-0.05, 0) is 12.8 Å². The zero-order valence-electron chi connectivity index (χ0n) is 15.7. The van der Waals surface area contributed by atoms with E-state index >= 15 is 13.2 Å².